The fourth-order valence-corrected chi connectivity index (χ4v) is 2.93. The molecule has 1 aliphatic rings. The smallest absolute Gasteiger partial charge is 0.419 e. The highest BCUT2D eigenvalue weighted by Crippen LogP contribution is 2.37. The first-order valence-electron chi connectivity index (χ1n) is 6.79. The Morgan fingerprint density at radius 2 is 2.17 bits per heavy atom. The first-order valence-corrected chi connectivity index (χ1v) is 7.20. The van der Waals surface area contributed by atoms with Gasteiger partial charge in [0.05, 0.1) is 12.7 Å². The van der Waals surface area contributed by atoms with Crippen molar-refractivity contribution in [3.8, 4) is 5.75 Å². The van der Waals surface area contributed by atoms with E-state index in [0.717, 1.165) is 13.2 Å². The minimum atomic E-state index is -4.58. The topological polar surface area (TPSA) is 61.8 Å². The minimum absolute atomic E-state index is 0.129. The number of hydrogen-bond donors (Lipinski definition) is 2. The summed E-state index contributed by atoms with van der Waals surface area (Å²) in [6.07, 6.45) is -3.46. The lowest BCUT2D eigenvalue weighted by atomic mass is 10.1. The van der Waals surface area contributed by atoms with Gasteiger partial charge in [0.2, 0.25) is 0 Å². The predicted molar refractivity (Wildman–Crippen MR) is 79.4 cm³/mol. The monoisotopic (exact) mass is 348 g/mol. The van der Waals surface area contributed by atoms with Gasteiger partial charge in [0.15, 0.2) is 0 Å². The van der Waals surface area contributed by atoms with Crippen LogP contribution in [0.25, 0.3) is 0 Å². The summed E-state index contributed by atoms with van der Waals surface area (Å²) in [6.45, 7) is 0.435. The number of amides is 1. The number of methoxy groups -OCH3 is 1. The molecule has 23 heavy (non-hydrogen) atoms. The van der Waals surface area contributed by atoms with E-state index in [-0.39, 0.29) is 16.3 Å². The van der Waals surface area contributed by atoms with Crippen molar-refractivity contribution >= 4 is 23.1 Å². The summed E-state index contributed by atoms with van der Waals surface area (Å²) in [5, 5.41) is 8.75. The largest absolute Gasteiger partial charge is 0.496 e. The van der Waals surface area contributed by atoms with E-state index in [1.807, 2.05) is 0 Å². The quantitative estimate of drug-likeness (QED) is 0.499. The third kappa shape index (κ3) is 3.56. The fourth-order valence-electron chi connectivity index (χ4n) is 2.59. The Labute approximate surface area is 136 Å². The molecule has 0 spiro atoms. The van der Waals surface area contributed by atoms with E-state index in [2.05, 4.69) is 0 Å². The second kappa shape index (κ2) is 6.71. The number of benzene rings is 1. The lowest BCUT2D eigenvalue weighted by molar-refractivity contribution is -0.138. The molecule has 0 aliphatic carbocycles. The molecule has 0 saturated carbocycles. The summed E-state index contributed by atoms with van der Waals surface area (Å²) < 4.78 is 44.0. The van der Waals surface area contributed by atoms with Crippen molar-refractivity contribution in [2.45, 2.75) is 25.1 Å². The van der Waals surface area contributed by atoms with Gasteiger partial charge in [0.1, 0.15) is 16.8 Å². The molecule has 5 nitrogen and oxygen atoms in total. The summed E-state index contributed by atoms with van der Waals surface area (Å²) in [6, 6.07) is 2.83. The van der Waals surface area contributed by atoms with Crippen molar-refractivity contribution in [2.24, 2.45) is 0 Å². The molecule has 1 aliphatic heterocycles. The number of nitrogens with one attached hydrogen (secondary N) is 1. The molecule has 1 heterocycles. The van der Waals surface area contributed by atoms with Crippen LogP contribution < -0.4 is 10.2 Å². The van der Waals surface area contributed by atoms with Crippen LogP contribution in [-0.4, -0.2) is 40.7 Å². The maximum absolute atomic E-state index is 13.1. The summed E-state index contributed by atoms with van der Waals surface area (Å²) in [5.41, 5.74) is 0.800. The minimum Gasteiger partial charge on any atom is -0.496 e. The van der Waals surface area contributed by atoms with Crippen molar-refractivity contribution in [3.05, 3.63) is 29.3 Å². The van der Waals surface area contributed by atoms with E-state index in [1.165, 1.54) is 17.0 Å². The maximum Gasteiger partial charge on any atom is 0.419 e. The van der Waals surface area contributed by atoms with Gasteiger partial charge in [0.25, 0.3) is 5.91 Å². The number of rotatable bonds is 3. The molecule has 9 heteroatoms. The number of halogens is 3. The van der Waals surface area contributed by atoms with E-state index in [1.54, 1.807) is 5.48 Å². The zero-order chi connectivity index (χ0) is 17.2. The molecule has 1 aromatic rings. The molecule has 2 N–H and O–H groups in total. The Morgan fingerprint density at radius 1 is 1.48 bits per heavy atom. The van der Waals surface area contributed by atoms with Gasteiger partial charge in [-0.25, -0.2) is 5.48 Å². The van der Waals surface area contributed by atoms with Gasteiger partial charge in [-0.05, 0) is 31.0 Å². The van der Waals surface area contributed by atoms with Gasteiger partial charge in [-0.1, -0.05) is 12.2 Å². The molecule has 1 fully saturated rings. The first-order chi connectivity index (χ1) is 10.8. The third-order valence-corrected chi connectivity index (χ3v) is 4.15. The average molecular weight is 348 g/mol. The number of alkyl halides is 3. The number of nitrogens with zero attached hydrogens (tertiary/aromatic N) is 1. The zero-order valence-electron chi connectivity index (χ0n) is 12.2. The van der Waals surface area contributed by atoms with Crippen molar-refractivity contribution < 1.29 is 27.9 Å². The van der Waals surface area contributed by atoms with E-state index >= 15 is 0 Å². The molecule has 1 aromatic carbocycles. The number of carbonyl (C=O) groups excluding carboxylic acids is 1. The molecular formula is C14H15F3N2O3S. The van der Waals surface area contributed by atoms with Crippen molar-refractivity contribution in [1.29, 1.82) is 0 Å². The maximum atomic E-state index is 13.1. The summed E-state index contributed by atoms with van der Waals surface area (Å²) >= 11 is 5.24. The van der Waals surface area contributed by atoms with Crippen LogP contribution in [0.2, 0.25) is 0 Å². The van der Waals surface area contributed by atoms with Crippen LogP contribution >= 0.6 is 12.2 Å². The van der Waals surface area contributed by atoms with Crippen molar-refractivity contribution in [2.75, 3.05) is 13.7 Å². The normalized spacial score (nSPS) is 18.0. The molecule has 0 bridgehead atoms. The number of hydrogen-bond acceptors (Lipinski definition) is 4. The van der Waals surface area contributed by atoms with Crippen LogP contribution in [0.3, 0.4) is 0 Å². The first kappa shape index (κ1) is 17.5. The summed E-state index contributed by atoms with van der Waals surface area (Å²) in [5.74, 6) is -0.926. The molecule has 1 saturated heterocycles. The molecule has 2 rings (SSSR count). The van der Waals surface area contributed by atoms with Gasteiger partial charge < -0.3 is 9.64 Å². The third-order valence-electron chi connectivity index (χ3n) is 3.68. The van der Waals surface area contributed by atoms with Crippen LogP contribution in [0.4, 0.5) is 13.2 Å². The van der Waals surface area contributed by atoms with Crippen LogP contribution in [0, 0.1) is 0 Å². The Kier molecular flexibility index (Phi) is 5.10. The van der Waals surface area contributed by atoms with Crippen molar-refractivity contribution in [1.82, 2.24) is 10.4 Å². The van der Waals surface area contributed by atoms with Crippen LogP contribution in [0.5, 0.6) is 5.75 Å². The Balaban J connectivity index is 2.34. The van der Waals surface area contributed by atoms with Crippen LogP contribution in [0.15, 0.2) is 18.2 Å². The van der Waals surface area contributed by atoms with Crippen LogP contribution in [0.1, 0.15) is 24.0 Å². The van der Waals surface area contributed by atoms with Crippen LogP contribution in [-0.2, 0) is 11.0 Å². The van der Waals surface area contributed by atoms with E-state index in [0.29, 0.717) is 19.4 Å². The second-order valence-electron chi connectivity index (χ2n) is 5.05. The number of ether oxygens (including phenoxy) is 1. The van der Waals surface area contributed by atoms with Crippen molar-refractivity contribution in [3.63, 3.8) is 0 Å². The predicted octanol–water partition coefficient (Wildman–Crippen LogP) is 2.36. The van der Waals surface area contributed by atoms with Gasteiger partial charge in [-0.3, -0.25) is 10.0 Å². The standard InChI is InChI=1S/C14H15F3N2O3S/c1-22-11-5-4-8(7-9(11)14(15,16)17)13(23)19-6-2-3-10(19)12(20)18-21/h4-5,7,10,21H,2-3,6H2,1H3,(H,18,20)/t10-/m1/s1. The van der Waals surface area contributed by atoms with E-state index < -0.39 is 23.7 Å². The average Bonchev–Trinajstić information content (AvgIpc) is 3.01. The Hall–Kier alpha value is -1.87. The van der Waals surface area contributed by atoms with E-state index in [9.17, 15) is 18.0 Å². The lowest BCUT2D eigenvalue weighted by Gasteiger charge is -2.26. The van der Waals surface area contributed by atoms with Gasteiger partial charge in [0, 0.05) is 12.1 Å². The number of likely N-dealkylation sites (tertiary alicyclic amines) is 1. The number of thiocarbonyl (C=S) groups is 1. The Morgan fingerprint density at radius 3 is 2.74 bits per heavy atom. The molecule has 126 valence electrons. The highest BCUT2D eigenvalue weighted by Gasteiger charge is 2.36. The summed E-state index contributed by atoms with van der Waals surface area (Å²) in [7, 11) is 1.16. The number of hydroxylamine groups is 1. The Bertz CT molecular complexity index is 622. The van der Waals surface area contributed by atoms with Gasteiger partial charge >= 0.3 is 6.18 Å². The molecule has 1 amide bonds. The highest BCUT2D eigenvalue weighted by atomic mass is 32.1. The molecule has 0 aromatic heterocycles. The molecule has 0 unspecified atom stereocenters. The summed E-state index contributed by atoms with van der Waals surface area (Å²) in [4.78, 5) is 13.3. The SMILES string of the molecule is COc1ccc(C(=S)N2CCC[C@@H]2C(=O)NO)cc1C(F)(F)F. The number of carbonyl (C=O) groups is 1. The highest BCUT2D eigenvalue weighted by molar-refractivity contribution is 7.80. The van der Waals surface area contributed by atoms with Gasteiger partial charge in [-0.15, -0.1) is 0 Å². The second-order valence-corrected chi connectivity index (χ2v) is 5.43. The fraction of sp³-hybridized carbons (Fsp3) is 0.429. The van der Waals surface area contributed by atoms with E-state index in [4.69, 9.17) is 22.2 Å². The van der Waals surface area contributed by atoms with Gasteiger partial charge in [-0.2, -0.15) is 13.2 Å². The molecule has 0 radical (unpaired) electrons. The molecule has 1 atom stereocenters. The zero-order valence-corrected chi connectivity index (χ0v) is 13.0. The molecular weight excluding hydrogens is 333 g/mol. The lowest BCUT2D eigenvalue weighted by Crippen LogP contribution is -2.44.